The van der Waals surface area contributed by atoms with E-state index < -0.39 is 0 Å². The van der Waals surface area contributed by atoms with Crippen LogP contribution in [0.15, 0.2) is 48.5 Å². The monoisotopic (exact) mass is 394 g/mol. The Morgan fingerprint density at radius 1 is 1.14 bits per heavy atom. The Balaban J connectivity index is 2.13. The molecule has 0 aliphatic carbocycles. The molecule has 0 radical (unpaired) electrons. The van der Waals surface area contributed by atoms with E-state index in [0.717, 1.165) is 11.3 Å². The second kappa shape index (κ2) is 11.4. The molecular weight excluding hydrogens is 368 g/mol. The zero-order valence-electron chi connectivity index (χ0n) is 17.1. The van der Waals surface area contributed by atoms with Crippen molar-refractivity contribution < 1.29 is 19.0 Å². The van der Waals surface area contributed by atoms with Crippen molar-refractivity contribution >= 4 is 17.7 Å². The molecule has 152 valence electrons. The van der Waals surface area contributed by atoms with Crippen molar-refractivity contribution in [3.8, 4) is 23.3 Å². The number of nitriles is 1. The number of hydrogen-bond donors (Lipinski definition) is 0. The fraction of sp³-hybridized carbons (Fsp3) is 0.304. The summed E-state index contributed by atoms with van der Waals surface area (Å²) in [4.78, 5) is 14.4. The Bertz CT molecular complexity index is 869. The molecular formula is C23H26N2O4. The molecule has 2 aromatic carbocycles. The van der Waals surface area contributed by atoms with Crippen molar-refractivity contribution in [3.05, 3.63) is 54.1 Å². The lowest BCUT2D eigenvalue weighted by Gasteiger charge is -2.22. The van der Waals surface area contributed by atoms with E-state index in [0.29, 0.717) is 23.8 Å². The summed E-state index contributed by atoms with van der Waals surface area (Å²) >= 11 is 0. The molecule has 0 spiro atoms. The van der Waals surface area contributed by atoms with Gasteiger partial charge in [0.25, 0.3) is 5.91 Å². The molecule has 2 rings (SSSR count). The van der Waals surface area contributed by atoms with Gasteiger partial charge in [-0.2, -0.15) is 5.26 Å². The number of nitrogens with zero attached hydrogens (tertiary/aromatic N) is 2. The highest BCUT2D eigenvalue weighted by molar-refractivity contribution is 5.94. The molecule has 0 heterocycles. The van der Waals surface area contributed by atoms with Crippen molar-refractivity contribution in [1.82, 2.24) is 0 Å². The predicted octanol–water partition coefficient (Wildman–Crippen LogP) is 4.45. The Kier molecular flexibility index (Phi) is 8.58. The summed E-state index contributed by atoms with van der Waals surface area (Å²) in [5.74, 6) is 1.52. The molecule has 0 saturated heterocycles. The first-order chi connectivity index (χ1) is 14.1. The molecule has 0 aliphatic heterocycles. The highest BCUT2D eigenvalue weighted by Crippen LogP contribution is 2.29. The van der Waals surface area contributed by atoms with Gasteiger partial charge in [-0.05, 0) is 55.8 Å². The van der Waals surface area contributed by atoms with Crippen molar-refractivity contribution in [3.63, 3.8) is 0 Å². The summed E-state index contributed by atoms with van der Waals surface area (Å²) in [7, 11) is 1.56. The number of carbonyl (C=O) groups excluding carboxylic acids is 1. The van der Waals surface area contributed by atoms with Crippen LogP contribution in [-0.2, 0) is 4.79 Å². The highest BCUT2D eigenvalue weighted by Gasteiger charge is 2.17. The summed E-state index contributed by atoms with van der Waals surface area (Å²) in [6.07, 6.45) is 4.11. The lowest BCUT2D eigenvalue weighted by atomic mass is 10.2. The number of benzene rings is 2. The maximum absolute atomic E-state index is 12.8. The summed E-state index contributed by atoms with van der Waals surface area (Å²) in [5, 5.41) is 8.94. The van der Waals surface area contributed by atoms with Gasteiger partial charge < -0.3 is 19.1 Å². The van der Waals surface area contributed by atoms with Crippen LogP contribution in [0.3, 0.4) is 0 Å². The molecule has 0 aromatic heterocycles. The van der Waals surface area contributed by atoms with E-state index in [1.165, 1.54) is 0 Å². The number of allylic oxidation sites excluding steroid dienone is 1. The Morgan fingerprint density at radius 2 is 1.90 bits per heavy atom. The maximum atomic E-state index is 12.8. The SMILES string of the molecule is C/C=C/c1ccc(OCC(=O)N(CCC#N)c2ccc(OCC)cc2)c(OC)c1. The van der Waals surface area contributed by atoms with Crippen molar-refractivity contribution in [2.24, 2.45) is 0 Å². The van der Waals surface area contributed by atoms with Gasteiger partial charge in [0.1, 0.15) is 5.75 Å². The number of hydrogen-bond acceptors (Lipinski definition) is 5. The van der Waals surface area contributed by atoms with Gasteiger partial charge in [-0.15, -0.1) is 0 Å². The normalized spacial score (nSPS) is 10.4. The fourth-order valence-corrected chi connectivity index (χ4v) is 2.77. The third-order valence-corrected chi connectivity index (χ3v) is 4.11. The van der Waals surface area contributed by atoms with Gasteiger partial charge in [0, 0.05) is 12.2 Å². The van der Waals surface area contributed by atoms with Crippen molar-refractivity contribution in [1.29, 1.82) is 5.26 Å². The van der Waals surface area contributed by atoms with E-state index in [4.69, 9.17) is 19.5 Å². The Labute approximate surface area is 171 Å². The van der Waals surface area contributed by atoms with Crippen LogP contribution in [0.4, 0.5) is 5.69 Å². The van der Waals surface area contributed by atoms with E-state index in [1.807, 2.05) is 38.1 Å². The van der Waals surface area contributed by atoms with E-state index in [1.54, 1.807) is 42.3 Å². The van der Waals surface area contributed by atoms with Crippen molar-refractivity contribution in [2.45, 2.75) is 20.3 Å². The van der Waals surface area contributed by atoms with Crippen LogP contribution in [0.5, 0.6) is 17.2 Å². The molecule has 0 N–H and O–H groups in total. The van der Waals surface area contributed by atoms with Gasteiger partial charge in [0.05, 0.1) is 26.2 Å². The highest BCUT2D eigenvalue weighted by atomic mass is 16.5. The fourth-order valence-electron chi connectivity index (χ4n) is 2.77. The van der Waals surface area contributed by atoms with Crippen LogP contribution in [0, 0.1) is 11.3 Å². The summed E-state index contributed by atoms with van der Waals surface area (Å²) < 4.78 is 16.5. The average molecular weight is 394 g/mol. The summed E-state index contributed by atoms with van der Waals surface area (Å²) in [6.45, 7) is 4.53. The number of carbonyl (C=O) groups is 1. The first-order valence-electron chi connectivity index (χ1n) is 9.46. The smallest absolute Gasteiger partial charge is 0.264 e. The molecule has 1 amide bonds. The second-order valence-electron chi connectivity index (χ2n) is 6.08. The lowest BCUT2D eigenvalue weighted by Crippen LogP contribution is -2.35. The molecule has 0 unspecified atom stereocenters. The minimum atomic E-state index is -0.246. The summed E-state index contributed by atoms with van der Waals surface area (Å²) in [6, 6.07) is 14.8. The van der Waals surface area contributed by atoms with E-state index in [9.17, 15) is 4.79 Å². The molecule has 0 atom stereocenters. The van der Waals surface area contributed by atoms with Crippen LogP contribution in [0.2, 0.25) is 0 Å². The number of rotatable bonds is 10. The largest absolute Gasteiger partial charge is 0.494 e. The Hall–Kier alpha value is -3.46. The molecule has 0 saturated carbocycles. The molecule has 0 fully saturated rings. The van der Waals surface area contributed by atoms with Gasteiger partial charge in [0.15, 0.2) is 18.1 Å². The van der Waals surface area contributed by atoms with Crippen LogP contribution in [0.25, 0.3) is 6.08 Å². The van der Waals surface area contributed by atoms with Crippen LogP contribution in [-0.4, -0.2) is 32.8 Å². The zero-order chi connectivity index (χ0) is 21.1. The number of methoxy groups -OCH3 is 1. The minimum Gasteiger partial charge on any atom is -0.494 e. The quantitative estimate of drug-likeness (QED) is 0.595. The van der Waals surface area contributed by atoms with Gasteiger partial charge in [-0.25, -0.2) is 0 Å². The maximum Gasteiger partial charge on any atom is 0.264 e. The van der Waals surface area contributed by atoms with Crippen LogP contribution < -0.4 is 19.1 Å². The second-order valence-corrected chi connectivity index (χ2v) is 6.08. The number of amides is 1. The summed E-state index contributed by atoms with van der Waals surface area (Å²) in [5.41, 5.74) is 1.67. The van der Waals surface area contributed by atoms with E-state index >= 15 is 0 Å². The Morgan fingerprint density at radius 3 is 2.52 bits per heavy atom. The topological polar surface area (TPSA) is 71.8 Å². The third kappa shape index (κ3) is 6.28. The van der Waals surface area contributed by atoms with E-state index in [2.05, 4.69) is 6.07 Å². The van der Waals surface area contributed by atoms with Gasteiger partial charge >= 0.3 is 0 Å². The van der Waals surface area contributed by atoms with Gasteiger partial charge in [0.2, 0.25) is 0 Å². The number of anilines is 1. The average Bonchev–Trinajstić information content (AvgIpc) is 2.74. The molecule has 29 heavy (non-hydrogen) atoms. The third-order valence-electron chi connectivity index (χ3n) is 4.11. The van der Waals surface area contributed by atoms with Crippen molar-refractivity contribution in [2.75, 3.05) is 31.8 Å². The molecule has 0 bridgehead atoms. The van der Waals surface area contributed by atoms with Crippen LogP contribution >= 0.6 is 0 Å². The predicted molar refractivity (Wildman–Crippen MR) is 113 cm³/mol. The molecule has 0 aliphatic rings. The lowest BCUT2D eigenvalue weighted by molar-refractivity contribution is -0.120. The standard InChI is InChI=1S/C23H26N2O4/c1-4-7-18-8-13-21(22(16-18)27-3)29-17-23(26)25(15-6-14-24)19-9-11-20(12-10-19)28-5-2/h4,7-13,16H,5-6,15,17H2,1-3H3/b7-4+. The first kappa shape index (κ1) is 21.8. The van der Waals surface area contributed by atoms with E-state index in [-0.39, 0.29) is 25.5 Å². The number of ether oxygens (including phenoxy) is 3. The van der Waals surface area contributed by atoms with Gasteiger partial charge in [-0.3, -0.25) is 4.79 Å². The molecule has 2 aromatic rings. The molecule has 6 heteroatoms. The molecule has 6 nitrogen and oxygen atoms in total. The first-order valence-corrected chi connectivity index (χ1v) is 9.46. The van der Waals surface area contributed by atoms with Gasteiger partial charge in [-0.1, -0.05) is 18.2 Å². The van der Waals surface area contributed by atoms with Crippen LogP contribution in [0.1, 0.15) is 25.8 Å². The zero-order valence-corrected chi connectivity index (χ0v) is 17.1. The minimum absolute atomic E-state index is 0.169.